The summed E-state index contributed by atoms with van der Waals surface area (Å²) in [5.41, 5.74) is 2.11. The van der Waals surface area contributed by atoms with Gasteiger partial charge in [0.05, 0.1) is 13.2 Å². The number of carbonyl (C=O) groups excluding carboxylic acids is 2. The highest BCUT2D eigenvalue weighted by Gasteiger charge is 2.40. The highest BCUT2D eigenvalue weighted by Crippen LogP contribution is 2.31. The zero-order chi connectivity index (χ0) is 20.4. The summed E-state index contributed by atoms with van der Waals surface area (Å²) in [5.74, 6) is -0.455. The van der Waals surface area contributed by atoms with Crippen molar-refractivity contribution < 1.29 is 19.1 Å². The predicted molar refractivity (Wildman–Crippen MR) is 108 cm³/mol. The largest absolute Gasteiger partial charge is 0.347 e. The molecule has 154 valence electrons. The number of carbonyl (C=O) groups is 2. The molecule has 1 aromatic rings. The number of likely N-dealkylation sites (tertiary alicyclic amines) is 1. The predicted octanol–water partition coefficient (Wildman–Crippen LogP) is 3.09. The SMILES string of the molecule is CC(=O)N(CCC(=O)N1CCC2(CC1)OCCO2)c1ccc(C(C)(C)C)cc1. The number of hydrogen-bond donors (Lipinski definition) is 0. The van der Waals surface area contributed by atoms with E-state index in [-0.39, 0.29) is 17.2 Å². The number of amides is 2. The molecule has 6 nitrogen and oxygen atoms in total. The third kappa shape index (κ3) is 4.73. The Morgan fingerprint density at radius 2 is 1.64 bits per heavy atom. The fourth-order valence-corrected chi connectivity index (χ4v) is 3.86. The average Bonchev–Trinajstić information content (AvgIpc) is 3.09. The zero-order valence-corrected chi connectivity index (χ0v) is 17.5. The van der Waals surface area contributed by atoms with E-state index in [1.165, 1.54) is 5.56 Å². The minimum absolute atomic E-state index is 0.0540. The van der Waals surface area contributed by atoms with E-state index in [0.717, 1.165) is 5.69 Å². The van der Waals surface area contributed by atoms with Crippen molar-refractivity contribution in [2.24, 2.45) is 0 Å². The molecule has 0 radical (unpaired) electrons. The second-order valence-electron chi connectivity index (χ2n) is 8.71. The Hall–Kier alpha value is -1.92. The first-order valence-corrected chi connectivity index (χ1v) is 10.1. The molecule has 0 unspecified atom stereocenters. The van der Waals surface area contributed by atoms with Gasteiger partial charge in [-0.25, -0.2) is 0 Å². The summed E-state index contributed by atoms with van der Waals surface area (Å²) >= 11 is 0. The van der Waals surface area contributed by atoms with Gasteiger partial charge in [-0.1, -0.05) is 32.9 Å². The summed E-state index contributed by atoms with van der Waals surface area (Å²) in [7, 11) is 0. The minimum atomic E-state index is -0.475. The van der Waals surface area contributed by atoms with Crippen molar-refractivity contribution in [1.29, 1.82) is 0 Å². The Morgan fingerprint density at radius 1 is 1.07 bits per heavy atom. The average molecular weight is 389 g/mol. The summed E-state index contributed by atoms with van der Waals surface area (Å²) in [6, 6.07) is 8.04. The molecule has 2 fully saturated rings. The number of hydrogen-bond acceptors (Lipinski definition) is 4. The lowest BCUT2D eigenvalue weighted by Gasteiger charge is -2.37. The Bertz CT molecular complexity index is 692. The van der Waals surface area contributed by atoms with E-state index in [2.05, 4.69) is 32.9 Å². The van der Waals surface area contributed by atoms with Crippen LogP contribution in [0.25, 0.3) is 0 Å². The molecule has 1 aromatic carbocycles. The van der Waals surface area contributed by atoms with Crippen LogP contribution < -0.4 is 4.90 Å². The summed E-state index contributed by atoms with van der Waals surface area (Å²) in [5, 5.41) is 0. The number of ether oxygens (including phenoxy) is 2. The molecule has 0 aromatic heterocycles. The van der Waals surface area contributed by atoms with Crippen molar-refractivity contribution >= 4 is 17.5 Å². The molecule has 3 rings (SSSR count). The van der Waals surface area contributed by atoms with Gasteiger partial charge in [-0.3, -0.25) is 9.59 Å². The van der Waals surface area contributed by atoms with Gasteiger partial charge in [0.25, 0.3) is 0 Å². The third-order valence-electron chi connectivity index (χ3n) is 5.67. The van der Waals surface area contributed by atoms with E-state index >= 15 is 0 Å². The van der Waals surface area contributed by atoms with Crippen LogP contribution in [-0.4, -0.2) is 55.3 Å². The molecule has 0 saturated carbocycles. The first-order chi connectivity index (χ1) is 13.2. The van der Waals surface area contributed by atoms with Crippen molar-refractivity contribution in [1.82, 2.24) is 4.90 Å². The van der Waals surface area contributed by atoms with Gasteiger partial charge in [0, 0.05) is 51.5 Å². The Labute approximate surface area is 167 Å². The second-order valence-corrected chi connectivity index (χ2v) is 8.71. The lowest BCUT2D eigenvalue weighted by Crippen LogP contribution is -2.48. The van der Waals surface area contributed by atoms with Crippen molar-refractivity contribution in [3.63, 3.8) is 0 Å². The van der Waals surface area contributed by atoms with E-state index in [1.807, 2.05) is 17.0 Å². The summed E-state index contributed by atoms with van der Waals surface area (Å²) in [4.78, 5) is 28.3. The molecule has 6 heteroatoms. The quantitative estimate of drug-likeness (QED) is 0.795. The van der Waals surface area contributed by atoms with Gasteiger partial charge >= 0.3 is 0 Å². The fraction of sp³-hybridized carbons (Fsp3) is 0.636. The topological polar surface area (TPSA) is 59.1 Å². The lowest BCUT2D eigenvalue weighted by atomic mass is 9.87. The summed E-state index contributed by atoms with van der Waals surface area (Å²) < 4.78 is 11.4. The van der Waals surface area contributed by atoms with Crippen LogP contribution in [0.1, 0.15) is 52.5 Å². The molecular formula is C22H32N2O4. The van der Waals surface area contributed by atoms with Gasteiger partial charge in [-0.05, 0) is 23.1 Å². The number of anilines is 1. The van der Waals surface area contributed by atoms with Gasteiger partial charge in [-0.15, -0.1) is 0 Å². The molecule has 28 heavy (non-hydrogen) atoms. The molecule has 0 N–H and O–H groups in total. The van der Waals surface area contributed by atoms with Gasteiger partial charge in [-0.2, -0.15) is 0 Å². The Kier molecular flexibility index (Phi) is 6.10. The maximum Gasteiger partial charge on any atom is 0.224 e. The number of piperidine rings is 1. The smallest absolute Gasteiger partial charge is 0.224 e. The fourth-order valence-electron chi connectivity index (χ4n) is 3.86. The van der Waals surface area contributed by atoms with Crippen LogP contribution in [0, 0.1) is 0 Å². The first kappa shape index (κ1) is 20.8. The van der Waals surface area contributed by atoms with Crippen molar-refractivity contribution in [2.75, 3.05) is 37.7 Å². The van der Waals surface area contributed by atoms with Crippen LogP contribution in [0.3, 0.4) is 0 Å². The van der Waals surface area contributed by atoms with Gasteiger partial charge in [0.2, 0.25) is 11.8 Å². The van der Waals surface area contributed by atoms with Crippen molar-refractivity contribution in [3.05, 3.63) is 29.8 Å². The number of rotatable bonds is 4. The molecule has 0 aliphatic carbocycles. The van der Waals surface area contributed by atoms with Crippen LogP contribution in [-0.2, 0) is 24.5 Å². The van der Waals surface area contributed by atoms with Gasteiger partial charge in [0.15, 0.2) is 5.79 Å². The van der Waals surface area contributed by atoms with Crippen LogP contribution in [0.4, 0.5) is 5.69 Å². The highest BCUT2D eigenvalue weighted by molar-refractivity contribution is 5.92. The standard InChI is InChI=1S/C22H32N2O4/c1-17(25)24(19-7-5-18(6-8-19)21(2,3)4)12-9-20(26)23-13-10-22(11-14-23)27-15-16-28-22/h5-8H,9-16H2,1-4H3. The molecule has 2 amide bonds. The number of benzene rings is 1. The monoisotopic (exact) mass is 388 g/mol. The van der Waals surface area contributed by atoms with E-state index in [4.69, 9.17) is 9.47 Å². The third-order valence-corrected chi connectivity index (χ3v) is 5.67. The number of nitrogens with zero attached hydrogens (tertiary/aromatic N) is 2. The molecule has 2 aliphatic heterocycles. The van der Waals surface area contributed by atoms with E-state index in [9.17, 15) is 9.59 Å². The summed E-state index contributed by atoms with van der Waals surface area (Å²) in [6.07, 6.45) is 1.74. The normalized spacial score (nSPS) is 19.1. The van der Waals surface area contributed by atoms with Gasteiger partial charge in [0.1, 0.15) is 0 Å². The van der Waals surface area contributed by atoms with Gasteiger partial charge < -0.3 is 19.3 Å². The zero-order valence-electron chi connectivity index (χ0n) is 17.5. The highest BCUT2D eigenvalue weighted by atomic mass is 16.7. The molecule has 2 aliphatic rings. The molecular weight excluding hydrogens is 356 g/mol. The summed E-state index contributed by atoms with van der Waals surface area (Å²) in [6.45, 7) is 11.0. The molecule has 1 spiro atoms. The van der Waals surface area contributed by atoms with Crippen LogP contribution >= 0.6 is 0 Å². The second kappa shape index (κ2) is 8.21. The van der Waals surface area contributed by atoms with E-state index in [0.29, 0.717) is 52.1 Å². The van der Waals surface area contributed by atoms with Crippen LogP contribution in [0.5, 0.6) is 0 Å². The van der Waals surface area contributed by atoms with E-state index < -0.39 is 5.79 Å². The molecule has 2 saturated heterocycles. The lowest BCUT2D eigenvalue weighted by molar-refractivity contribution is -0.187. The maximum absolute atomic E-state index is 12.7. The van der Waals surface area contributed by atoms with Crippen LogP contribution in [0.2, 0.25) is 0 Å². The molecule has 0 atom stereocenters. The van der Waals surface area contributed by atoms with Crippen molar-refractivity contribution in [3.8, 4) is 0 Å². The molecule has 0 bridgehead atoms. The Balaban J connectivity index is 1.56. The van der Waals surface area contributed by atoms with Crippen molar-refractivity contribution in [2.45, 2.75) is 58.2 Å². The maximum atomic E-state index is 12.7. The Morgan fingerprint density at radius 3 is 2.14 bits per heavy atom. The van der Waals surface area contributed by atoms with Crippen LogP contribution in [0.15, 0.2) is 24.3 Å². The first-order valence-electron chi connectivity index (χ1n) is 10.1. The van der Waals surface area contributed by atoms with E-state index in [1.54, 1.807) is 11.8 Å². The molecule has 2 heterocycles. The minimum Gasteiger partial charge on any atom is -0.347 e.